The Kier molecular flexibility index (Phi) is 80.0. The molecular formula is C108H162P10. The highest BCUT2D eigenvalue weighted by atomic mass is 31.1. The first-order chi connectivity index (χ1) is 58.0. The Morgan fingerprint density at radius 1 is 0.178 bits per heavy atom. The van der Waals surface area contributed by atoms with Gasteiger partial charge in [0.25, 0.3) is 0 Å². The topological polar surface area (TPSA) is 0 Å². The average Bonchev–Trinajstić information content (AvgIpc) is 0.830. The van der Waals surface area contributed by atoms with Gasteiger partial charge in [-0.25, -0.2) is 0 Å². The van der Waals surface area contributed by atoms with Gasteiger partial charge in [-0.15, -0.1) is 83.2 Å². The monoisotopic (exact) mass is 1770 g/mol. The van der Waals surface area contributed by atoms with Crippen LogP contribution < -0.4 is 5.30 Å². The fraction of sp³-hybridized carbons (Fsp3) is 0.333. The summed E-state index contributed by atoms with van der Waals surface area (Å²) in [6, 6.07) is 100. The second-order valence-corrected chi connectivity index (χ2v) is 27.9. The third-order valence-electron chi connectivity index (χ3n) is 17.0. The van der Waals surface area contributed by atoms with E-state index < -0.39 is 0 Å². The molecule has 0 aliphatic rings. The van der Waals surface area contributed by atoms with Crippen molar-refractivity contribution in [1.29, 1.82) is 0 Å². The number of rotatable bonds is 19. The fourth-order valence-corrected chi connectivity index (χ4v) is 14.6. The van der Waals surface area contributed by atoms with E-state index in [2.05, 4.69) is 370 Å². The molecule has 10 unspecified atom stereocenters. The zero-order valence-corrected chi connectivity index (χ0v) is 89.6. The minimum absolute atomic E-state index is 0.828. The molecule has 0 aromatic heterocycles. The maximum atomic E-state index is 2.86. The van der Waals surface area contributed by atoms with Crippen molar-refractivity contribution < 1.29 is 0 Å². The van der Waals surface area contributed by atoms with Crippen LogP contribution in [0.2, 0.25) is 0 Å². The highest BCUT2D eigenvalue weighted by Gasteiger charge is 2.11. The van der Waals surface area contributed by atoms with Gasteiger partial charge in [-0.3, -0.25) is 0 Å². The lowest BCUT2D eigenvalue weighted by Crippen LogP contribution is -1.97. The highest BCUT2D eigenvalue weighted by Crippen LogP contribution is 2.35. The largest absolute Gasteiger partial charge is 0.133 e. The lowest BCUT2D eigenvalue weighted by Gasteiger charge is -2.12. The summed E-state index contributed by atoms with van der Waals surface area (Å²) in [5.74, 6) is 0. The van der Waals surface area contributed by atoms with Crippen LogP contribution in [0, 0.1) is 0 Å². The minimum atomic E-state index is 0.828. The first-order valence-corrected chi connectivity index (χ1v) is 53.1. The smallest absolute Gasteiger partial charge is 0.0122 e. The third-order valence-corrected chi connectivity index (χ3v) is 22.0. The first kappa shape index (κ1) is 119. The van der Waals surface area contributed by atoms with Crippen LogP contribution in [-0.2, 0) is 61.9 Å². The molecule has 0 aliphatic carbocycles. The van der Waals surface area contributed by atoms with Crippen LogP contribution in [-0.4, -0.2) is 6.66 Å². The maximum absolute atomic E-state index is 2.86. The summed E-state index contributed by atoms with van der Waals surface area (Å²) >= 11 is 0. The molecule has 0 fully saturated rings. The second kappa shape index (κ2) is 79.1. The third kappa shape index (κ3) is 42.8. The van der Waals surface area contributed by atoms with E-state index in [9.17, 15) is 0 Å². The SMILES string of the molecule is CC.CC.CC.CC.CC.CC.CC.CC.CC.CC.CC.CC.CCc1ccc(-c2cccc(-c3ccc(CP)cc3)c2)c(CP)c1.CPc1cc(CP)cc(-c2cccc(-c3ccc(CP)cc3)c2)c1.PCc1ccc(-c2cccc(-c3ccc(CP)c(CP)c3)c2)cc1.PCc1ccc(-c2cccc(-c3ccc(CP)cc3)c2)cc1. The number of benzene rings is 12. The van der Waals surface area contributed by atoms with Gasteiger partial charge in [-0.1, -0.05) is 424 Å². The number of hydrogen-bond donors (Lipinski definition) is 0. The number of aryl methyl sites for hydroxylation is 1. The van der Waals surface area contributed by atoms with Gasteiger partial charge in [0, 0.05) is 0 Å². The van der Waals surface area contributed by atoms with Crippen molar-refractivity contribution in [3.63, 3.8) is 0 Å². The summed E-state index contributed by atoms with van der Waals surface area (Å²) in [6.07, 6.45) is 10.1. The molecule has 0 radical (unpaired) electrons. The predicted octanol–water partition coefficient (Wildman–Crippen LogP) is 36.3. The lowest BCUT2D eigenvalue weighted by molar-refractivity contribution is 1.13. The molecule has 0 spiro atoms. The highest BCUT2D eigenvalue weighted by molar-refractivity contribution is 7.46. The van der Waals surface area contributed by atoms with Crippen molar-refractivity contribution >= 4 is 97.0 Å². The zero-order valence-electron chi connectivity index (χ0n) is 78.2. The van der Waals surface area contributed by atoms with Crippen molar-refractivity contribution in [3.05, 3.63) is 329 Å². The van der Waals surface area contributed by atoms with E-state index in [1.807, 2.05) is 166 Å². The molecule has 12 aromatic carbocycles. The lowest BCUT2D eigenvalue weighted by atomic mass is 9.94. The van der Waals surface area contributed by atoms with Crippen LogP contribution in [0.15, 0.2) is 273 Å². The summed E-state index contributed by atoms with van der Waals surface area (Å²) < 4.78 is 0. The van der Waals surface area contributed by atoms with E-state index in [4.69, 9.17) is 0 Å². The molecule has 0 aliphatic heterocycles. The summed E-state index contributed by atoms with van der Waals surface area (Å²) in [5, 5.41) is 1.43. The fourth-order valence-electron chi connectivity index (χ4n) is 11.3. The summed E-state index contributed by atoms with van der Waals surface area (Å²) in [5.41, 5.74) is 34.3. The molecule has 644 valence electrons. The summed E-state index contributed by atoms with van der Waals surface area (Å²) in [4.78, 5) is 0. The summed E-state index contributed by atoms with van der Waals surface area (Å²) in [7, 11) is 26.1. The average molecular weight is 1770 g/mol. The van der Waals surface area contributed by atoms with E-state index in [1.54, 1.807) is 0 Å². The minimum Gasteiger partial charge on any atom is -0.133 e. The molecule has 12 aromatic rings. The van der Waals surface area contributed by atoms with Crippen LogP contribution in [0.25, 0.3) is 89.0 Å². The van der Waals surface area contributed by atoms with Crippen molar-refractivity contribution in [2.45, 2.75) is 235 Å². The Balaban J connectivity index is -0.000000674. The van der Waals surface area contributed by atoms with Gasteiger partial charge in [0.15, 0.2) is 0 Å². The van der Waals surface area contributed by atoms with Crippen LogP contribution in [0.3, 0.4) is 0 Å². The number of hydrogen-bond acceptors (Lipinski definition) is 0. The molecule has 10 atom stereocenters. The van der Waals surface area contributed by atoms with Gasteiger partial charge in [-0.05, 0) is 249 Å². The van der Waals surface area contributed by atoms with Crippen LogP contribution in [0.5, 0.6) is 0 Å². The Bertz CT molecular complexity index is 4250. The molecule has 10 heteroatoms. The van der Waals surface area contributed by atoms with Crippen molar-refractivity contribution in [3.8, 4) is 89.0 Å². The molecule has 12 rings (SSSR count). The zero-order chi connectivity index (χ0) is 90.2. The Hall–Kier alpha value is -5.06. The normalized spacial score (nSPS) is 9.28. The van der Waals surface area contributed by atoms with Crippen molar-refractivity contribution in [1.82, 2.24) is 0 Å². The summed E-state index contributed by atoms with van der Waals surface area (Å²) in [6.45, 7) is 52.5. The van der Waals surface area contributed by atoms with E-state index in [-0.39, 0.29) is 0 Å². The first-order valence-electron chi connectivity index (χ1n) is 44.3. The van der Waals surface area contributed by atoms with Gasteiger partial charge < -0.3 is 0 Å². The molecule has 0 saturated carbocycles. The molecule has 118 heavy (non-hydrogen) atoms. The molecule has 0 saturated heterocycles. The van der Waals surface area contributed by atoms with E-state index >= 15 is 0 Å². The van der Waals surface area contributed by atoms with E-state index in [1.165, 1.54) is 150 Å². The van der Waals surface area contributed by atoms with Gasteiger partial charge in [0.05, 0.1) is 0 Å². The van der Waals surface area contributed by atoms with E-state index in [0.717, 1.165) is 70.5 Å². The Labute approximate surface area is 750 Å². The van der Waals surface area contributed by atoms with Crippen LogP contribution in [0.4, 0.5) is 0 Å². The second-order valence-electron chi connectivity index (χ2n) is 23.1. The Morgan fingerprint density at radius 3 is 0.678 bits per heavy atom. The maximum Gasteiger partial charge on any atom is -0.0122 e. The Morgan fingerprint density at radius 2 is 0.415 bits per heavy atom. The molecule has 0 nitrogen and oxygen atoms in total. The predicted molar refractivity (Wildman–Crippen MR) is 589 cm³/mol. The van der Waals surface area contributed by atoms with Crippen molar-refractivity contribution in [2.75, 3.05) is 6.66 Å². The molecule has 0 heterocycles. The van der Waals surface area contributed by atoms with Gasteiger partial charge in [0.2, 0.25) is 0 Å². The van der Waals surface area contributed by atoms with Crippen molar-refractivity contribution in [2.24, 2.45) is 0 Å². The van der Waals surface area contributed by atoms with Gasteiger partial charge >= 0.3 is 0 Å². The quantitative estimate of drug-likeness (QED) is 0.0708. The molecule has 0 N–H and O–H groups in total. The molecule has 0 amide bonds. The van der Waals surface area contributed by atoms with Gasteiger partial charge in [-0.2, -0.15) is 0 Å². The van der Waals surface area contributed by atoms with E-state index in [0.29, 0.717) is 0 Å². The van der Waals surface area contributed by atoms with Crippen LogP contribution in [0.1, 0.15) is 229 Å². The molecule has 0 bridgehead atoms. The van der Waals surface area contributed by atoms with Gasteiger partial charge in [0.1, 0.15) is 0 Å². The molecular weight excluding hydrogens is 1610 g/mol. The standard InChI is InChI=1S/C22H24P2.2C21H23P3.C20H20P2.12C2H6/c1-2-16-8-11-22(21(12-16)15-24)20-5-3-4-19(13-20)18-9-6-17(14-23)7-10-18;1-24-21-10-16(14-23)9-20(12-21)19-4-2-3-18(11-19)17-7-5-15(13-22)6-8-17;22-12-15-4-6-16(7-5-15)17-2-1-3-18(10-17)19-8-9-20(13-23)21(11-19)14-24;21-13-15-4-8-17(9-5-15)19-2-1-3-20(12-19)18-10-6-16(14-22)7-11-18;12*1-2/h3-13H,2,14-15,23-24H2,1H3;2-12,24H,13-14,22-23H2,1H3;1-11H,12-14,22-24H2;1-12H,13-14,21-22H2;12*1-2H3. The van der Waals surface area contributed by atoms with Crippen LogP contribution >= 0.6 is 91.7 Å².